The quantitative estimate of drug-likeness (QED) is 0.852. The van der Waals surface area contributed by atoms with Gasteiger partial charge in [-0.15, -0.1) is 0 Å². The summed E-state index contributed by atoms with van der Waals surface area (Å²) in [4.78, 5) is 37.5. The Morgan fingerprint density at radius 2 is 1.76 bits per heavy atom. The minimum absolute atomic E-state index is 0.269. The number of nitrogens with zero attached hydrogens (tertiary/aromatic N) is 1. The van der Waals surface area contributed by atoms with Crippen molar-refractivity contribution in [1.29, 1.82) is 0 Å². The number of imide groups is 1. The first kappa shape index (κ1) is 16.9. The topological polar surface area (TPSA) is 66.5 Å². The Labute approximate surface area is 147 Å². The van der Waals surface area contributed by atoms with Crippen LogP contribution in [0, 0.1) is 5.82 Å². The van der Waals surface area contributed by atoms with E-state index in [2.05, 4.69) is 5.32 Å². The molecule has 1 aliphatic heterocycles. The Bertz CT molecular complexity index is 850. The second kappa shape index (κ2) is 7.31. The van der Waals surface area contributed by atoms with Crippen molar-refractivity contribution in [2.24, 2.45) is 0 Å². The number of anilines is 1. The molecule has 0 bridgehead atoms. The van der Waals surface area contributed by atoms with E-state index in [4.69, 9.17) is 0 Å². The van der Waals surface area contributed by atoms with Gasteiger partial charge in [-0.2, -0.15) is 0 Å². The van der Waals surface area contributed by atoms with Gasteiger partial charge in [-0.1, -0.05) is 30.3 Å². The minimum atomic E-state index is -0.533. The minimum Gasteiger partial charge on any atom is -0.325 e. The summed E-state index contributed by atoms with van der Waals surface area (Å²) in [5, 5.41) is 2.02. The summed E-state index contributed by atoms with van der Waals surface area (Å²) in [7, 11) is 0. The van der Waals surface area contributed by atoms with Gasteiger partial charge in [0.1, 0.15) is 12.4 Å². The lowest BCUT2D eigenvalue weighted by atomic mass is 10.2. The summed E-state index contributed by atoms with van der Waals surface area (Å²) in [6.45, 7) is -0.395. The molecule has 1 aliphatic rings. The molecule has 0 radical (unpaired) electrons. The molecule has 25 heavy (non-hydrogen) atoms. The van der Waals surface area contributed by atoms with Crippen LogP contribution in [-0.4, -0.2) is 28.5 Å². The van der Waals surface area contributed by atoms with Crippen LogP contribution < -0.4 is 5.32 Å². The fourth-order valence-electron chi connectivity index (χ4n) is 2.21. The van der Waals surface area contributed by atoms with Crippen molar-refractivity contribution in [3.63, 3.8) is 0 Å². The van der Waals surface area contributed by atoms with E-state index >= 15 is 0 Å². The van der Waals surface area contributed by atoms with Gasteiger partial charge in [0.15, 0.2) is 0 Å². The zero-order chi connectivity index (χ0) is 17.8. The zero-order valence-electron chi connectivity index (χ0n) is 12.9. The Balaban J connectivity index is 1.67. The average molecular weight is 356 g/mol. The van der Waals surface area contributed by atoms with Crippen LogP contribution in [0.1, 0.15) is 5.56 Å². The first-order valence-corrected chi connectivity index (χ1v) is 8.20. The summed E-state index contributed by atoms with van der Waals surface area (Å²) >= 11 is 0.796. The SMILES string of the molecule is O=C(CN1C(=O)S/C(=C/c2ccccc2)C1=O)Nc1ccc(F)cc1. The van der Waals surface area contributed by atoms with E-state index in [-0.39, 0.29) is 4.91 Å². The fraction of sp³-hybridized carbons (Fsp3) is 0.0556. The third-order valence-corrected chi connectivity index (χ3v) is 4.31. The number of carbonyl (C=O) groups excluding carboxylic acids is 3. The van der Waals surface area contributed by atoms with Crippen LogP contribution in [0.2, 0.25) is 0 Å². The molecule has 1 N–H and O–H groups in total. The van der Waals surface area contributed by atoms with Gasteiger partial charge in [0.25, 0.3) is 11.1 Å². The van der Waals surface area contributed by atoms with Crippen molar-refractivity contribution in [2.75, 3.05) is 11.9 Å². The lowest BCUT2D eigenvalue weighted by Gasteiger charge is -2.12. The van der Waals surface area contributed by atoms with Gasteiger partial charge in [0.2, 0.25) is 5.91 Å². The van der Waals surface area contributed by atoms with E-state index in [9.17, 15) is 18.8 Å². The van der Waals surface area contributed by atoms with Gasteiger partial charge < -0.3 is 5.32 Å². The number of carbonyl (C=O) groups is 3. The molecule has 5 nitrogen and oxygen atoms in total. The molecule has 2 aromatic carbocycles. The van der Waals surface area contributed by atoms with Crippen LogP contribution in [0.5, 0.6) is 0 Å². The largest absolute Gasteiger partial charge is 0.325 e. The molecule has 1 saturated heterocycles. The molecule has 0 aromatic heterocycles. The molecule has 1 fully saturated rings. The smallest absolute Gasteiger partial charge is 0.294 e. The number of rotatable bonds is 4. The van der Waals surface area contributed by atoms with E-state index in [1.807, 2.05) is 30.3 Å². The first-order valence-electron chi connectivity index (χ1n) is 7.39. The summed E-state index contributed by atoms with van der Waals surface area (Å²) < 4.78 is 12.9. The van der Waals surface area contributed by atoms with Gasteiger partial charge in [-0.05, 0) is 47.7 Å². The van der Waals surface area contributed by atoms with Crippen molar-refractivity contribution in [3.8, 4) is 0 Å². The van der Waals surface area contributed by atoms with Gasteiger partial charge in [0, 0.05) is 5.69 Å². The Morgan fingerprint density at radius 3 is 2.44 bits per heavy atom. The third kappa shape index (κ3) is 4.13. The molecule has 126 valence electrons. The maximum atomic E-state index is 12.9. The molecule has 0 unspecified atom stereocenters. The fourth-order valence-corrected chi connectivity index (χ4v) is 3.05. The molecule has 1 heterocycles. The normalized spacial score (nSPS) is 15.7. The lowest BCUT2D eigenvalue weighted by Crippen LogP contribution is -2.36. The molecule has 0 aliphatic carbocycles. The van der Waals surface area contributed by atoms with Crippen molar-refractivity contribution in [1.82, 2.24) is 4.90 Å². The van der Waals surface area contributed by atoms with E-state index in [0.717, 1.165) is 22.2 Å². The van der Waals surface area contributed by atoms with Gasteiger partial charge >= 0.3 is 0 Å². The summed E-state index contributed by atoms with van der Waals surface area (Å²) in [6.07, 6.45) is 1.61. The molecule has 3 amide bonds. The number of halogens is 1. The highest BCUT2D eigenvalue weighted by atomic mass is 32.2. The highest BCUT2D eigenvalue weighted by molar-refractivity contribution is 8.18. The van der Waals surface area contributed by atoms with Crippen LogP contribution in [0.4, 0.5) is 14.9 Å². The van der Waals surface area contributed by atoms with Gasteiger partial charge in [-0.3, -0.25) is 19.3 Å². The van der Waals surface area contributed by atoms with Crippen molar-refractivity contribution >= 4 is 40.6 Å². The molecule has 0 saturated carbocycles. The van der Waals surface area contributed by atoms with Crippen LogP contribution in [0.3, 0.4) is 0 Å². The molecule has 3 rings (SSSR count). The monoisotopic (exact) mass is 356 g/mol. The molecule has 7 heteroatoms. The van der Waals surface area contributed by atoms with E-state index < -0.39 is 29.4 Å². The zero-order valence-corrected chi connectivity index (χ0v) is 13.8. The second-order valence-electron chi connectivity index (χ2n) is 5.23. The van der Waals surface area contributed by atoms with Crippen molar-refractivity contribution in [2.45, 2.75) is 0 Å². The predicted molar refractivity (Wildman–Crippen MR) is 94.1 cm³/mol. The molecular formula is C18H13FN2O3S. The van der Waals surface area contributed by atoms with E-state index in [1.165, 1.54) is 24.3 Å². The number of hydrogen-bond donors (Lipinski definition) is 1. The lowest BCUT2D eigenvalue weighted by molar-refractivity contribution is -0.127. The summed E-state index contributed by atoms with van der Waals surface area (Å²) in [6, 6.07) is 14.3. The second-order valence-corrected chi connectivity index (χ2v) is 6.23. The number of thioether (sulfide) groups is 1. The highest BCUT2D eigenvalue weighted by Gasteiger charge is 2.36. The van der Waals surface area contributed by atoms with Crippen LogP contribution in [-0.2, 0) is 9.59 Å². The first-order chi connectivity index (χ1) is 12.0. The standard InChI is InChI=1S/C18H13FN2O3S/c19-13-6-8-14(9-7-13)20-16(22)11-21-17(23)15(25-18(21)24)10-12-4-2-1-3-5-12/h1-10H,11H2,(H,20,22)/b15-10+. The maximum absolute atomic E-state index is 12.9. The third-order valence-electron chi connectivity index (χ3n) is 3.40. The Hall–Kier alpha value is -2.93. The Morgan fingerprint density at radius 1 is 1.08 bits per heavy atom. The molecule has 2 aromatic rings. The van der Waals surface area contributed by atoms with Gasteiger partial charge in [-0.25, -0.2) is 4.39 Å². The predicted octanol–water partition coefficient (Wildman–Crippen LogP) is 3.50. The van der Waals surface area contributed by atoms with E-state index in [1.54, 1.807) is 6.08 Å². The van der Waals surface area contributed by atoms with Crippen LogP contribution >= 0.6 is 11.8 Å². The maximum Gasteiger partial charge on any atom is 0.294 e. The van der Waals surface area contributed by atoms with Crippen molar-refractivity contribution in [3.05, 3.63) is 70.9 Å². The number of nitrogens with one attached hydrogen (secondary N) is 1. The highest BCUT2D eigenvalue weighted by Crippen LogP contribution is 2.32. The van der Waals surface area contributed by atoms with Crippen LogP contribution in [0.15, 0.2) is 59.5 Å². The van der Waals surface area contributed by atoms with Crippen molar-refractivity contribution < 1.29 is 18.8 Å². The number of amides is 3. The summed E-state index contributed by atoms with van der Waals surface area (Å²) in [5.41, 5.74) is 1.18. The number of hydrogen-bond acceptors (Lipinski definition) is 4. The molecular weight excluding hydrogens is 343 g/mol. The summed E-state index contributed by atoms with van der Waals surface area (Å²) in [5.74, 6) is -1.46. The molecule has 0 spiro atoms. The van der Waals surface area contributed by atoms with E-state index in [0.29, 0.717) is 5.69 Å². The average Bonchev–Trinajstić information content (AvgIpc) is 2.85. The molecule has 0 atom stereocenters. The number of benzene rings is 2. The van der Waals surface area contributed by atoms with Crippen LogP contribution in [0.25, 0.3) is 6.08 Å². The van der Waals surface area contributed by atoms with Gasteiger partial charge in [0.05, 0.1) is 4.91 Å². The Kier molecular flexibility index (Phi) is 4.95.